The molecule has 5 aliphatic rings. The van der Waals surface area contributed by atoms with Crippen LogP contribution in [0.15, 0.2) is 10.6 Å². The van der Waals surface area contributed by atoms with Gasteiger partial charge in [0.1, 0.15) is 5.70 Å². The van der Waals surface area contributed by atoms with Gasteiger partial charge < -0.3 is 41.5 Å². The van der Waals surface area contributed by atoms with Crippen LogP contribution in [-0.2, 0) is 19.2 Å². The van der Waals surface area contributed by atoms with Crippen molar-refractivity contribution in [3.63, 3.8) is 0 Å². The number of nitrogens with zero attached hydrogens (tertiary/aromatic N) is 2. The Morgan fingerprint density at radius 1 is 1.16 bits per heavy atom. The number of hydrogen-bond acceptors (Lipinski definition) is 9. The van der Waals surface area contributed by atoms with E-state index < -0.39 is 36.2 Å². The van der Waals surface area contributed by atoms with Crippen LogP contribution in [0.5, 0.6) is 0 Å². The Hall–Kier alpha value is -2.19. The van der Waals surface area contributed by atoms with Crippen LogP contribution < -0.4 is 16.4 Å². The number of carboxylic acid groups (broad SMARTS) is 1. The highest BCUT2D eigenvalue weighted by atomic mass is 32.2. The summed E-state index contributed by atoms with van der Waals surface area (Å²) in [7, 11) is 0. The molecule has 0 bridgehead atoms. The van der Waals surface area contributed by atoms with E-state index in [1.807, 2.05) is 6.92 Å². The lowest BCUT2D eigenvalue weighted by molar-refractivity contribution is -0.163. The fraction of sp³-hybridized carbons (Fsp3) is 0.800. The number of aliphatic hydroxyl groups excluding tert-OH is 2. The number of carbonyl (C=O) groups is 4. The van der Waals surface area contributed by atoms with Crippen molar-refractivity contribution in [3.05, 3.63) is 10.6 Å². The molecule has 13 heteroatoms. The molecule has 0 radical (unpaired) electrons. The van der Waals surface area contributed by atoms with E-state index in [4.69, 9.17) is 5.73 Å². The number of nitrogens with one attached hydrogen (secondary N) is 2. The van der Waals surface area contributed by atoms with E-state index in [0.717, 1.165) is 19.3 Å². The first-order valence-corrected chi connectivity index (χ1v) is 16.7. The van der Waals surface area contributed by atoms with Crippen LogP contribution in [0.4, 0.5) is 0 Å². The fourth-order valence-electron chi connectivity index (χ4n) is 7.73. The van der Waals surface area contributed by atoms with Gasteiger partial charge in [-0.1, -0.05) is 39.0 Å². The number of carbonyl (C=O) groups excluding carboxylic acids is 3. The van der Waals surface area contributed by atoms with E-state index in [2.05, 4.69) is 10.6 Å². The normalized spacial score (nSPS) is 33.3. The van der Waals surface area contributed by atoms with Crippen molar-refractivity contribution in [1.82, 2.24) is 20.4 Å². The molecule has 43 heavy (non-hydrogen) atoms. The molecule has 1 aliphatic carbocycles. The fourth-order valence-corrected chi connectivity index (χ4v) is 9.21. The molecule has 3 amide bonds. The van der Waals surface area contributed by atoms with Gasteiger partial charge in [-0.3, -0.25) is 14.4 Å². The highest BCUT2D eigenvalue weighted by Gasteiger charge is 2.60. The first kappa shape index (κ1) is 32.2. The van der Waals surface area contributed by atoms with Gasteiger partial charge >= 0.3 is 5.97 Å². The lowest BCUT2D eigenvalue weighted by Crippen LogP contribution is -2.63. The Labute approximate surface area is 257 Å². The molecule has 3 saturated heterocycles. The first-order valence-electron chi connectivity index (χ1n) is 15.9. The molecule has 0 unspecified atom stereocenters. The third-order valence-corrected chi connectivity index (χ3v) is 11.6. The predicted molar refractivity (Wildman–Crippen MR) is 160 cm³/mol. The predicted octanol–water partition coefficient (Wildman–Crippen LogP) is 0.370. The number of amides is 3. The first-order chi connectivity index (χ1) is 20.5. The lowest BCUT2D eigenvalue weighted by atomic mass is 9.79. The molecule has 0 spiro atoms. The second-order valence-electron chi connectivity index (χ2n) is 13.2. The van der Waals surface area contributed by atoms with Crippen molar-refractivity contribution in [2.24, 2.45) is 23.5 Å². The van der Waals surface area contributed by atoms with Crippen LogP contribution >= 0.6 is 11.8 Å². The zero-order chi connectivity index (χ0) is 31.0. The molecule has 0 aromatic heterocycles. The number of likely N-dealkylation sites (tertiary alicyclic amines) is 1. The van der Waals surface area contributed by atoms with Crippen LogP contribution in [0.25, 0.3) is 0 Å². The molecule has 7 N–H and O–H groups in total. The van der Waals surface area contributed by atoms with Crippen LogP contribution in [-0.4, -0.2) is 110 Å². The molecule has 4 aliphatic heterocycles. The summed E-state index contributed by atoms with van der Waals surface area (Å²) in [4.78, 5) is 54.4. The van der Waals surface area contributed by atoms with Crippen LogP contribution in [0.2, 0.25) is 0 Å². The Balaban J connectivity index is 1.08. The van der Waals surface area contributed by atoms with Crippen molar-refractivity contribution in [2.75, 3.05) is 19.6 Å². The summed E-state index contributed by atoms with van der Waals surface area (Å²) >= 11 is 1.41. The third kappa shape index (κ3) is 6.75. The Morgan fingerprint density at radius 2 is 1.88 bits per heavy atom. The highest BCUT2D eigenvalue weighted by Crippen LogP contribution is 2.51. The van der Waals surface area contributed by atoms with Gasteiger partial charge in [-0.2, -0.15) is 0 Å². The maximum absolute atomic E-state index is 13.3. The monoisotopic (exact) mass is 621 g/mol. The van der Waals surface area contributed by atoms with E-state index in [1.54, 1.807) is 11.8 Å². The molecule has 4 heterocycles. The van der Waals surface area contributed by atoms with Crippen LogP contribution in [0.3, 0.4) is 0 Å². The molecule has 0 aromatic rings. The van der Waals surface area contributed by atoms with Crippen LogP contribution in [0, 0.1) is 17.8 Å². The lowest BCUT2D eigenvalue weighted by Gasteiger charge is -2.46. The van der Waals surface area contributed by atoms with Gasteiger partial charge in [0.2, 0.25) is 17.7 Å². The molecule has 12 nitrogen and oxygen atoms in total. The number of carboxylic acids is 1. The molecule has 1 saturated carbocycles. The Morgan fingerprint density at radius 3 is 2.56 bits per heavy atom. The maximum atomic E-state index is 13.3. The van der Waals surface area contributed by atoms with Crippen molar-refractivity contribution in [1.29, 1.82) is 0 Å². The van der Waals surface area contributed by atoms with Gasteiger partial charge in [0, 0.05) is 47.8 Å². The molecule has 9 atom stereocenters. The minimum Gasteiger partial charge on any atom is -0.477 e. The topological polar surface area (TPSA) is 186 Å². The van der Waals surface area contributed by atoms with E-state index in [-0.39, 0.29) is 53.1 Å². The Bertz CT molecular complexity index is 1130. The molecular formula is C30H47N5O7S. The molecular weight excluding hydrogens is 574 g/mol. The summed E-state index contributed by atoms with van der Waals surface area (Å²) in [5, 5.41) is 36.7. The molecule has 0 aromatic carbocycles. The number of hydrogen-bond donors (Lipinski definition) is 6. The smallest absolute Gasteiger partial charge is 0.353 e. The molecule has 5 rings (SSSR count). The van der Waals surface area contributed by atoms with Gasteiger partial charge in [0.25, 0.3) is 0 Å². The zero-order valence-corrected chi connectivity index (χ0v) is 25.9. The largest absolute Gasteiger partial charge is 0.477 e. The quantitative estimate of drug-likeness (QED) is 0.176. The van der Waals surface area contributed by atoms with E-state index >= 15 is 0 Å². The average Bonchev–Trinajstić information content (AvgIpc) is 3.67. The van der Waals surface area contributed by atoms with Crippen LogP contribution in [0.1, 0.15) is 71.6 Å². The van der Waals surface area contributed by atoms with E-state index in [0.29, 0.717) is 43.3 Å². The van der Waals surface area contributed by atoms with Crippen molar-refractivity contribution in [2.45, 2.75) is 113 Å². The number of fused-ring (bicyclic) bond motifs is 1. The van der Waals surface area contributed by atoms with Gasteiger partial charge in [0.05, 0.1) is 36.6 Å². The molecule has 240 valence electrons. The summed E-state index contributed by atoms with van der Waals surface area (Å²) in [6.45, 7) is 4.89. The number of aliphatic carboxylic acids is 1. The summed E-state index contributed by atoms with van der Waals surface area (Å²) in [5.74, 6) is -2.11. The Kier molecular flexibility index (Phi) is 10.1. The SMILES string of the molecule is C[C@@H](O)[C@H]1C(=O)N2C(C(=O)O)=C(S[C@@H]3CN[C@H](C(=O)N4CC[C@H](NC(=O)C[C@H](O)[C@@H](N)CC5CCCCC5)C4)C3)[C@H](C)[C@H]12. The number of β-lactam (4-membered cyclic amide) rings is 1. The van der Waals surface area contributed by atoms with Gasteiger partial charge in [-0.25, -0.2) is 4.79 Å². The van der Waals surface area contributed by atoms with Crippen molar-refractivity contribution >= 4 is 35.5 Å². The number of aliphatic hydroxyl groups is 2. The zero-order valence-electron chi connectivity index (χ0n) is 25.1. The van der Waals surface area contributed by atoms with Crippen molar-refractivity contribution in [3.8, 4) is 0 Å². The minimum absolute atomic E-state index is 0.00244. The number of thioether (sulfide) groups is 1. The van der Waals surface area contributed by atoms with E-state index in [9.17, 15) is 34.5 Å². The summed E-state index contributed by atoms with van der Waals surface area (Å²) < 4.78 is 0. The minimum atomic E-state index is -1.16. The van der Waals surface area contributed by atoms with Gasteiger partial charge in [-0.05, 0) is 32.1 Å². The van der Waals surface area contributed by atoms with Gasteiger partial charge in [0.15, 0.2) is 0 Å². The van der Waals surface area contributed by atoms with E-state index in [1.165, 1.54) is 35.9 Å². The van der Waals surface area contributed by atoms with Crippen molar-refractivity contribution < 1.29 is 34.5 Å². The number of rotatable bonds is 11. The maximum Gasteiger partial charge on any atom is 0.353 e. The second-order valence-corrected chi connectivity index (χ2v) is 14.6. The second kappa shape index (κ2) is 13.4. The number of nitrogens with two attached hydrogens (primary N) is 1. The summed E-state index contributed by atoms with van der Waals surface area (Å²) in [5.41, 5.74) is 6.22. The highest BCUT2D eigenvalue weighted by molar-refractivity contribution is 8.03. The standard InChI is InChI=1S/C30H47N5O7S/c1-15-25-24(16(2)36)29(40)35(25)26(30(41)42)27(15)43-19-11-21(32-13-19)28(39)34-9-8-18(14-34)33-23(38)12-22(37)20(31)10-17-6-4-3-5-7-17/h15-22,24-25,32,36-37H,3-14,31H2,1-2H3,(H,33,38)(H,41,42)/t15-,16-,18+,19+,20+,21+,22+,24-,25-/m1/s1. The molecule has 4 fully saturated rings. The third-order valence-electron chi connectivity index (χ3n) is 10.1. The van der Waals surface area contributed by atoms with Gasteiger partial charge in [-0.15, -0.1) is 11.8 Å². The average molecular weight is 622 g/mol. The summed E-state index contributed by atoms with van der Waals surface area (Å²) in [6.07, 6.45) is 6.04. The summed E-state index contributed by atoms with van der Waals surface area (Å²) in [6, 6.07) is -1.38.